The van der Waals surface area contributed by atoms with Crippen LogP contribution in [0.3, 0.4) is 0 Å². The van der Waals surface area contributed by atoms with E-state index < -0.39 is 19.2 Å². The minimum absolute atomic E-state index is 0.0302. The molecular weight excluding hydrogens is 397 g/mol. The third kappa shape index (κ3) is 7.74. The van der Waals surface area contributed by atoms with Gasteiger partial charge in [0.25, 0.3) is 5.91 Å². The monoisotopic (exact) mass is 427 g/mol. The number of hydrogen-bond donors (Lipinski definition) is 3. The molecule has 1 aliphatic rings. The molecule has 1 aromatic rings. The van der Waals surface area contributed by atoms with Gasteiger partial charge >= 0.3 is 13.2 Å². The molecule has 3 N–H and O–H groups in total. The summed E-state index contributed by atoms with van der Waals surface area (Å²) in [6.07, 6.45) is 3.46. The third-order valence-electron chi connectivity index (χ3n) is 5.11. The number of amides is 2. The average Bonchev–Trinajstić information content (AvgIpc) is 2.75. The van der Waals surface area contributed by atoms with E-state index in [-0.39, 0.29) is 36.5 Å². The minimum Gasteiger partial charge on any atom is -0.447 e. The molecular formula is C22H30BN3O5. The van der Waals surface area contributed by atoms with Crippen molar-refractivity contribution in [2.75, 3.05) is 13.2 Å². The highest BCUT2D eigenvalue weighted by Crippen LogP contribution is 2.20. The molecule has 0 spiro atoms. The molecule has 2 atom stereocenters. The van der Waals surface area contributed by atoms with Crippen molar-refractivity contribution in [1.29, 1.82) is 5.26 Å². The van der Waals surface area contributed by atoms with Gasteiger partial charge in [0.05, 0.1) is 12.0 Å². The fourth-order valence-corrected chi connectivity index (χ4v) is 3.55. The van der Waals surface area contributed by atoms with Crippen LogP contribution in [0.4, 0.5) is 4.79 Å². The van der Waals surface area contributed by atoms with E-state index in [0.29, 0.717) is 13.0 Å². The van der Waals surface area contributed by atoms with Gasteiger partial charge in [-0.2, -0.15) is 5.26 Å². The van der Waals surface area contributed by atoms with Crippen LogP contribution in [0.1, 0.15) is 38.7 Å². The smallest absolute Gasteiger partial charge is 0.447 e. The zero-order valence-electron chi connectivity index (χ0n) is 18.0. The number of nitriles is 1. The molecule has 1 fully saturated rings. The highest BCUT2D eigenvalue weighted by Gasteiger charge is 2.31. The molecule has 31 heavy (non-hydrogen) atoms. The number of nitrogens with zero attached hydrogens (tertiary/aromatic N) is 2. The maximum absolute atomic E-state index is 12.8. The van der Waals surface area contributed by atoms with Gasteiger partial charge in [-0.1, -0.05) is 50.3 Å². The van der Waals surface area contributed by atoms with E-state index in [9.17, 15) is 24.9 Å². The van der Waals surface area contributed by atoms with Gasteiger partial charge in [-0.3, -0.25) is 4.79 Å². The van der Waals surface area contributed by atoms with Crippen LogP contribution in [0.25, 0.3) is 0 Å². The normalized spacial score (nSPS) is 17.6. The fourth-order valence-electron chi connectivity index (χ4n) is 3.55. The van der Waals surface area contributed by atoms with Crippen LogP contribution >= 0.6 is 0 Å². The van der Waals surface area contributed by atoms with Gasteiger partial charge < -0.3 is 25.0 Å². The Labute approximate surface area is 183 Å². The number of carbonyl (C=O) groups excluding carboxylic acids is 2. The van der Waals surface area contributed by atoms with E-state index in [1.54, 1.807) is 11.0 Å². The maximum atomic E-state index is 12.8. The molecule has 0 aromatic heterocycles. The van der Waals surface area contributed by atoms with Gasteiger partial charge in [0.15, 0.2) is 0 Å². The Kier molecular flexibility index (Phi) is 9.57. The second-order valence-corrected chi connectivity index (χ2v) is 8.04. The minimum atomic E-state index is -1.75. The van der Waals surface area contributed by atoms with Crippen molar-refractivity contribution in [3.05, 3.63) is 47.5 Å². The van der Waals surface area contributed by atoms with Crippen molar-refractivity contribution < 1.29 is 24.4 Å². The molecule has 166 valence electrons. The Morgan fingerprint density at radius 1 is 1.32 bits per heavy atom. The lowest BCUT2D eigenvalue weighted by Gasteiger charge is -2.35. The summed E-state index contributed by atoms with van der Waals surface area (Å²) in [4.78, 5) is 26.7. The molecule has 9 heteroatoms. The molecule has 1 heterocycles. The van der Waals surface area contributed by atoms with E-state index in [2.05, 4.69) is 5.32 Å². The first-order chi connectivity index (χ1) is 14.8. The number of carbonyl (C=O) groups is 2. The first-order valence-electron chi connectivity index (χ1n) is 10.6. The summed E-state index contributed by atoms with van der Waals surface area (Å²) in [5, 5.41) is 31.0. The number of likely N-dealkylation sites (tertiary alicyclic amines) is 1. The molecule has 8 nitrogen and oxygen atoms in total. The molecule has 2 rings (SSSR count). The number of nitrogens with one attached hydrogen (secondary N) is 1. The van der Waals surface area contributed by atoms with Crippen molar-refractivity contribution in [2.45, 2.75) is 51.5 Å². The summed E-state index contributed by atoms with van der Waals surface area (Å²) in [5.74, 6) is -1.22. The lowest BCUT2D eigenvalue weighted by atomic mass is 9.76. The summed E-state index contributed by atoms with van der Waals surface area (Å²) >= 11 is 0. The van der Waals surface area contributed by atoms with Crippen LogP contribution in [0.2, 0.25) is 0 Å². The number of allylic oxidation sites excluding steroid dienone is 1. The maximum Gasteiger partial charge on any atom is 0.475 e. The van der Waals surface area contributed by atoms with Gasteiger partial charge in [-0.15, -0.1) is 0 Å². The van der Waals surface area contributed by atoms with Gasteiger partial charge in [-0.05, 0) is 37.2 Å². The molecule has 1 aliphatic heterocycles. The molecule has 0 saturated carbocycles. The van der Waals surface area contributed by atoms with Crippen LogP contribution in [0.5, 0.6) is 0 Å². The highest BCUT2D eigenvalue weighted by atomic mass is 16.5. The van der Waals surface area contributed by atoms with Crippen LogP contribution in [-0.2, 0) is 16.0 Å². The molecule has 1 unspecified atom stereocenters. The fraction of sp³-hybridized carbons (Fsp3) is 0.500. The number of ether oxygens (including phenoxy) is 1. The SMILES string of the molecule is CC(C)C=C(C#N)C(=O)N1CCCC[C@H]1COC(=O)NC(Cc1ccccc1)B(O)O. The summed E-state index contributed by atoms with van der Waals surface area (Å²) in [7, 11) is -1.75. The Morgan fingerprint density at radius 2 is 2.03 bits per heavy atom. The predicted octanol–water partition coefficient (Wildman–Crippen LogP) is 1.82. The van der Waals surface area contributed by atoms with E-state index in [0.717, 1.165) is 18.4 Å². The average molecular weight is 427 g/mol. The van der Waals surface area contributed by atoms with Crippen molar-refractivity contribution in [3.63, 3.8) is 0 Å². The molecule has 2 amide bonds. The van der Waals surface area contributed by atoms with Gasteiger partial charge in [0.1, 0.15) is 18.2 Å². The first kappa shape index (κ1) is 24.4. The van der Waals surface area contributed by atoms with Gasteiger partial charge in [0, 0.05) is 6.54 Å². The van der Waals surface area contributed by atoms with Crippen molar-refractivity contribution in [3.8, 4) is 6.07 Å². The summed E-state index contributed by atoms with van der Waals surface area (Å²) in [6, 6.07) is 10.8. The number of alkyl carbamates (subject to hydrolysis) is 1. The van der Waals surface area contributed by atoms with Gasteiger partial charge in [0.2, 0.25) is 0 Å². The Balaban J connectivity index is 1.96. The van der Waals surface area contributed by atoms with Gasteiger partial charge in [-0.25, -0.2) is 4.79 Å². The van der Waals surface area contributed by atoms with Crippen molar-refractivity contribution >= 4 is 19.1 Å². The third-order valence-corrected chi connectivity index (χ3v) is 5.11. The predicted molar refractivity (Wildman–Crippen MR) is 116 cm³/mol. The summed E-state index contributed by atoms with van der Waals surface area (Å²) in [6.45, 7) is 4.26. The second-order valence-electron chi connectivity index (χ2n) is 8.04. The van der Waals surface area contributed by atoms with E-state index in [1.807, 2.05) is 50.2 Å². The van der Waals surface area contributed by atoms with E-state index >= 15 is 0 Å². The number of rotatable bonds is 8. The molecule has 0 radical (unpaired) electrons. The van der Waals surface area contributed by atoms with Crippen LogP contribution in [-0.4, -0.2) is 59.2 Å². The summed E-state index contributed by atoms with van der Waals surface area (Å²) in [5.41, 5.74) is 0.934. The van der Waals surface area contributed by atoms with Crippen molar-refractivity contribution in [2.24, 2.45) is 5.92 Å². The lowest BCUT2D eigenvalue weighted by molar-refractivity contribution is -0.131. The number of piperidine rings is 1. The zero-order valence-corrected chi connectivity index (χ0v) is 18.0. The van der Waals surface area contributed by atoms with E-state index in [4.69, 9.17) is 4.74 Å². The Hall–Kier alpha value is -2.83. The topological polar surface area (TPSA) is 123 Å². The second kappa shape index (κ2) is 12.1. The molecule has 1 saturated heterocycles. The standard InChI is InChI=1S/C22H30BN3O5/c1-16(2)12-18(14-24)21(27)26-11-7-6-10-19(26)15-31-22(28)25-20(23(29)30)13-17-8-4-3-5-9-17/h3-5,8-9,12,16,19-20,29-30H,6-7,10-11,13,15H2,1-2H3,(H,25,28)/t19-,20?/m0/s1. The molecule has 1 aromatic carbocycles. The number of hydrogen-bond acceptors (Lipinski definition) is 6. The largest absolute Gasteiger partial charge is 0.475 e. The lowest BCUT2D eigenvalue weighted by Crippen LogP contribution is -2.50. The Morgan fingerprint density at radius 3 is 2.65 bits per heavy atom. The van der Waals surface area contributed by atoms with Crippen LogP contribution in [0, 0.1) is 17.2 Å². The molecule has 0 bridgehead atoms. The summed E-state index contributed by atoms with van der Waals surface area (Å²) < 4.78 is 5.31. The van der Waals surface area contributed by atoms with Crippen LogP contribution in [0.15, 0.2) is 42.0 Å². The van der Waals surface area contributed by atoms with Crippen LogP contribution < -0.4 is 5.32 Å². The first-order valence-corrected chi connectivity index (χ1v) is 10.6. The van der Waals surface area contributed by atoms with E-state index in [1.165, 1.54) is 0 Å². The zero-order chi connectivity index (χ0) is 22.8. The highest BCUT2D eigenvalue weighted by molar-refractivity contribution is 6.43. The van der Waals surface area contributed by atoms with Crippen molar-refractivity contribution in [1.82, 2.24) is 10.2 Å². The number of benzene rings is 1. The quantitative estimate of drug-likeness (QED) is 0.331. The molecule has 0 aliphatic carbocycles. The Bertz CT molecular complexity index is 807.